The van der Waals surface area contributed by atoms with Gasteiger partial charge in [0.1, 0.15) is 5.75 Å². The van der Waals surface area contributed by atoms with E-state index in [2.05, 4.69) is 4.90 Å². The van der Waals surface area contributed by atoms with E-state index in [4.69, 9.17) is 4.74 Å². The Labute approximate surface area is 161 Å². The smallest absolute Gasteiger partial charge is 0.254 e. The minimum Gasteiger partial charge on any atom is -0.490 e. The van der Waals surface area contributed by atoms with Gasteiger partial charge in [-0.25, -0.2) is 8.42 Å². The van der Waals surface area contributed by atoms with Gasteiger partial charge in [-0.3, -0.25) is 9.69 Å². The summed E-state index contributed by atoms with van der Waals surface area (Å²) < 4.78 is 29.4. The number of nitrogens with zero attached hydrogens (tertiary/aromatic N) is 2. The van der Waals surface area contributed by atoms with Crippen LogP contribution in [0.2, 0.25) is 0 Å². The maximum absolute atomic E-state index is 12.9. The lowest BCUT2D eigenvalue weighted by atomic mass is 10.1. The fourth-order valence-electron chi connectivity index (χ4n) is 4.44. The number of ether oxygens (including phenoxy) is 1. The number of piperazine rings is 1. The molecular formula is C20H28N2O4S. The van der Waals surface area contributed by atoms with Crippen LogP contribution in [0.5, 0.6) is 5.75 Å². The van der Waals surface area contributed by atoms with Crippen molar-refractivity contribution in [3.8, 4) is 5.75 Å². The van der Waals surface area contributed by atoms with Crippen molar-refractivity contribution < 1.29 is 17.9 Å². The highest BCUT2D eigenvalue weighted by Crippen LogP contribution is 2.25. The van der Waals surface area contributed by atoms with Crippen molar-refractivity contribution in [3.05, 3.63) is 29.8 Å². The lowest BCUT2D eigenvalue weighted by molar-refractivity contribution is 0.0587. The molecule has 0 N–H and O–H groups in total. The minimum absolute atomic E-state index is 0.0329. The molecular weight excluding hydrogens is 364 g/mol. The molecule has 2 saturated heterocycles. The summed E-state index contributed by atoms with van der Waals surface area (Å²) in [4.78, 5) is 17.0. The van der Waals surface area contributed by atoms with E-state index in [0.29, 0.717) is 24.4 Å². The Bertz CT molecular complexity index is 781. The summed E-state index contributed by atoms with van der Waals surface area (Å²) in [7, 11) is -2.87. The summed E-state index contributed by atoms with van der Waals surface area (Å²) in [6.45, 7) is 2.76. The molecule has 0 spiro atoms. The fraction of sp³-hybridized carbons (Fsp3) is 0.650. The number of benzene rings is 1. The molecule has 1 aromatic rings. The molecule has 6 nitrogen and oxygen atoms in total. The second kappa shape index (κ2) is 7.80. The Morgan fingerprint density at radius 3 is 2.44 bits per heavy atom. The monoisotopic (exact) mass is 392 g/mol. The van der Waals surface area contributed by atoms with Crippen LogP contribution in [0, 0.1) is 0 Å². The first-order valence-corrected chi connectivity index (χ1v) is 11.8. The molecule has 1 aliphatic carbocycles. The van der Waals surface area contributed by atoms with Gasteiger partial charge in [0.15, 0.2) is 9.84 Å². The maximum Gasteiger partial charge on any atom is 0.254 e. The predicted molar refractivity (Wildman–Crippen MR) is 104 cm³/mol. The average Bonchev–Trinajstić information content (AvgIpc) is 3.31. The summed E-state index contributed by atoms with van der Waals surface area (Å²) in [5.41, 5.74) is 0.669. The molecule has 0 unspecified atom stereocenters. The molecule has 1 atom stereocenters. The van der Waals surface area contributed by atoms with E-state index in [0.717, 1.165) is 38.1 Å². The molecule has 1 aromatic carbocycles. The van der Waals surface area contributed by atoms with Crippen LogP contribution in [-0.2, 0) is 9.84 Å². The second-order valence-corrected chi connectivity index (χ2v) is 10.2. The summed E-state index contributed by atoms with van der Waals surface area (Å²) in [5.74, 6) is 1.37. The minimum atomic E-state index is -2.87. The van der Waals surface area contributed by atoms with E-state index in [1.54, 1.807) is 0 Å². The quantitative estimate of drug-likeness (QED) is 0.784. The van der Waals surface area contributed by atoms with Crippen molar-refractivity contribution in [2.24, 2.45) is 0 Å². The predicted octanol–water partition coefficient (Wildman–Crippen LogP) is 1.95. The Morgan fingerprint density at radius 2 is 1.78 bits per heavy atom. The topological polar surface area (TPSA) is 66.9 Å². The first-order chi connectivity index (χ1) is 13.0. The Hall–Kier alpha value is -1.60. The number of sulfone groups is 1. The molecule has 0 aromatic heterocycles. The van der Waals surface area contributed by atoms with Crippen molar-refractivity contribution in [3.63, 3.8) is 0 Å². The third kappa shape index (κ3) is 4.46. The van der Waals surface area contributed by atoms with Crippen molar-refractivity contribution in [1.29, 1.82) is 0 Å². The molecule has 2 heterocycles. The third-order valence-corrected chi connectivity index (χ3v) is 7.76. The first kappa shape index (κ1) is 18.7. The first-order valence-electron chi connectivity index (χ1n) is 10.0. The van der Waals surface area contributed by atoms with Crippen LogP contribution in [0.15, 0.2) is 24.3 Å². The van der Waals surface area contributed by atoms with E-state index < -0.39 is 9.84 Å². The molecule has 7 heteroatoms. The summed E-state index contributed by atoms with van der Waals surface area (Å²) in [5, 5.41) is 0. The highest BCUT2D eigenvalue weighted by atomic mass is 32.2. The van der Waals surface area contributed by atoms with Gasteiger partial charge in [0.25, 0.3) is 5.91 Å². The lowest BCUT2D eigenvalue weighted by Crippen LogP contribution is -2.52. The number of rotatable bonds is 4. The maximum atomic E-state index is 12.9. The van der Waals surface area contributed by atoms with Crippen LogP contribution in [0.3, 0.4) is 0 Å². The highest BCUT2D eigenvalue weighted by molar-refractivity contribution is 7.91. The zero-order valence-electron chi connectivity index (χ0n) is 15.7. The van der Waals surface area contributed by atoms with Gasteiger partial charge in [-0.15, -0.1) is 0 Å². The Morgan fingerprint density at radius 1 is 1.04 bits per heavy atom. The number of carbonyl (C=O) groups is 1. The third-order valence-electron chi connectivity index (χ3n) is 6.01. The van der Waals surface area contributed by atoms with Crippen LogP contribution in [0.1, 0.15) is 42.5 Å². The number of carbonyl (C=O) groups excluding carboxylic acids is 1. The molecule has 1 saturated carbocycles. The van der Waals surface area contributed by atoms with E-state index in [-0.39, 0.29) is 23.8 Å². The second-order valence-electron chi connectivity index (χ2n) is 7.94. The standard InChI is InChI=1S/C20H28N2O4S/c23-20(16-4-3-7-19(14-16)26-18-5-1-2-6-18)22-11-9-21(10-12-22)17-8-13-27(24,25)15-17/h3-4,7,14,17-18H,1-2,5-6,8-13,15H2/t17-/m1/s1. The van der Waals surface area contributed by atoms with Crippen LogP contribution in [0.25, 0.3) is 0 Å². The van der Waals surface area contributed by atoms with E-state index in [9.17, 15) is 13.2 Å². The number of hydrogen-bond donors (Lipinski definition) is 0. The van der Waals surface area contributed by atoms with Crippen molar-refractivity contribution in [1.82, 2.24) is 9.80 Å². The van der Waals surface area contributed by atoms with Gasteiger partial charge in [0.05, 0.1) is 17.6 Å². The van der Waals surface area contributed by atoms with Gasteiger partial charge < -0.3 is 9.64 Å². The summed E-state index contributed by atoms with van der Waals surface area (Å²) in [6, 6.07) is 7.64. The largest absolute Gasteiger partial charge is 0.490 e. The van der Waals surface area contributed by atoms with Crippen LogP contribution in [0.4, 0.5) is 0 Å². The van der Waals surface area contributed by atoms with E-state index in [1.165, 1.54) is 12.8 Å². The van der Waals surface area contributed by atoms with Gasteiger partial charge in [-0.05, 0) is 50.3 Å². The Balaban J connectivity index is 1.34. The molecule has 3 fully saturated rings. The lowest BCUT2D eigenvalue weighted by Gasteiger charge is -2.37. The molecule has 148 valence electrons. The van der Waals surface area contributed by atoms with Crippen molar-refractivity contribution >= 4 is 15.7 Å². The molecule has 4 rings (SSSR count). The summed E-state index contributed by atoms with van der Waals surface area (Å²) in [6.07, 6.45) is 5.62. The highest BCUT2D eigenvalue weighted by Gasteiger charge is 2.34. The molecule has 0 bridgehead atoms. The van der Waals surface area contributed by atoms with Gasteiger partial charge in [0.2, 0.25) is 0 Å². The number of amides is 1. The van der Waals surface area contributed by atoms with Gasteiger partial charge in [0, 0.05) is 37.8 Å². The normalized spacial score (nSPS) is 26.4. The van der Waals surface area contributed by atoms with Gasteiger partial charge in [-0.2, -0.15) is 0 Å². The summed E-state index contributed by atoms with van der Waals surface area (Å²) >= 11 is 0. The Kier molecular flexibility index (Phi) is 5.41. The van der Waals surface area contributed by atoms with E-state index >= 15 is 0 Å². The van der Waals surface area contributed by atoms with Crippen molar-refractivity contribution in [2.75, 3.05) is 37.7 Å². The molecule has 2 aliphatic heterocycles. The van der Waals surface area contributed by atoms with E-state index in [1.807, 2.05) is 29.2 Å². The zero-order chi connectivity index (χ0) is 18.9. The fourth-order valence-corrected chi connectivity index (χ4v) is 6.20. The zero-order valence-corrected chi connectivity index (χ0v) is 16.5. The van der Waals surface area contributed by atoms with Gasteiger partial charge in [-0.1, -0.05) is 6.07 Å². The molecule has 0 radical (unpaired) electrons. The molecule has 3 aliphatic rings. The van der Waals surface area contributed by atoms with Gasteiger partial charge >= 0.3 is 0 Å². The molecule has 27 heavy (non-hydrogen) atoms. The van der Waals surface area contributed by atoms with Crippen LogP contribution < -0.4 is 4.74 Å². The number of hydrogen-bond acceptors (Lipinski definition) is 5. The SMILES string of the molecule is O=C(c1cccc(OC2CCCC2)c1)N1CCN([C@@H]2CCS(=O)(=O)C2)CC1. The van der Waals surface area contributed by atoms with Crippen molar-refractivity contribution in [2.45, 2.75) is 44.2 Å². The molecule has 1 amide bonds. The van der Waals surface area contributed by atoms with Crippen LogP contribution in [-0.4, -0.2) is 74.0 Å². The van der Waals surface area contributed by atoms with Crippen LogP contribution >= 0.6 is 0 Å². The average molecular weight is 393 g/mol.